The quantitative estimate of drug-likeness (QED) is 0.903. The van der Waals surface area contributed by atoms with E-state index in [2.05, 4.69) is 10.2 Å². The molecule has 0 radical (unpaired) electrons. The number of carbonyl (C=O) groups is 1. The van der Waals surface area contributed by atoms with Gasteiger partial charge in [-0.2, -0.15) is 0 Å². The second-order valence-corrected chi connectivity index (χ2v) is 6.05. The Morgan fingerprint density at radius 2 is 1.90 bits per heavy atom. The van der Waals surface area contributed by atoms with Crippen LogP contribution in [0, 0.1) is 5.82 Å². The molecule has 1 amide bonds. The van der Waals surface area contributed by atoms with Crippen LogP contribution in [0.15, 0.2) is 24.3 Å². The monoisotopic (exact) mass is 292 g/mol. The van der Waals surface area contributed by atoms with E-state index in [-0.39, 0.29) is 17.8 Å². The second kappa shape index (κ2) is 7.55. The molecular weight excluding hydrogens is 267 g/mol. The third-order valence-electron chi connectivity index (χ3n) is 4.34. The Labute approximate surface area is 126 Å². The van der Waals surface area contributed by atoms with Gasteiger partial charge in [0.2, 0.25) is 5.91 Å². The maximum Gasteiger partial charge on any atom is 0.234 e. The van der Waals surface area contributed by atoms with E-state index in [9.17, 15) is 9.18 Å². The smallest absolute Gasteiger partial charge is 0.234 e. The summed E-state index contributed by atoms with van der Waals surface area (Å²) in [6, 6.07) is 6.71. The summed E-state index contributed by atoms with van der Waals surface area (Å²) in [7, 11) is 2.03. The third kappa shape index (κ3) is 4.81. The van der Waals surface area contributed by atoms with Gasteiger partial charge in [0.15, 0.2) is 0 Å². The molecule has 1 aliphatic rings. The van der Waals surface area contributed by atoms with Crippen LogP contribution in [0.1, 0.15) is 50.6 Å². The van der Waals surface area contributed by atoms with E-state index < -0.39 is 0 Å². The molecule has 1 aromatic carbocycles. The van der Waals surface area contributed by atoms with Crippen molar-refractivity contribution in [3.8, 4) is 0 Å². The first-order chi connectivity index (χ1) is 10.1. The van der Waals surface area contributed by atoms with Gasteiger partial charge in [-0.25, -0.2) is 4.39 Å². The van der Waals surface area contributed by atoms with E-state index in [0.717, 1.165) is 5.56 Å². The van der Waals surface area contributed by atoms with Crippen molar-refractivity contribution in [1.82, 2.24) is 10.2 Å². The summed E-state index contributed by atoms with van der Waals surface area (Å²) in [6.07, 6.45) is 6.23. The van der Waals surface area contributed by atoms with Gasteiger partial charge in [-0.05, 0) is 44.5 Å². The largest absolute Gasteiger partial charge is 0.348 e. The van der Waals surface area contributed by atoms with E-state index in [1.807, 2.05) is 14.0 Å². The molecule has 4 heteroatoms. The topological polar surface area (TPSA) is 32.3 Å². The molecule has 1 aromatic rings. The lowest BCUT2D eigenvalue weighted by atomic mass is 9.94. The minimum atomic E-state index is -0.255. The molecule has 1 fully saturated rings. The van der Waals surface area contributed by atoms with Gasteiger partial charge >= 0.3 is 0 Å². The number of halogens is 1. The fraction of sp³-hybridized carbons (Fsp3) is 0.588. The molecule has 0 bridgehead atoms. The lowest BCUT2D eigenvalue weighted by Gasteiger charge is -2.31. The first kappa shape index (κ1) is 16.0. The van der Waals surface area contributed by atoms with Gasteiger partial charge in [-0.3, -0.25) is 9.69 Å². The van der Waals surface area contributed by atoms with Crippen LogP contribution in [0.3, 0.4) is 0 Å². The van der Waals surface area contributed by atoms with Crippen LogP contribution < -0.4 is 5.32 Å². The van der Waals surface area contributed by atoms with Gasteiger partial charge in [0, 0.05) is 6.04 Å². The zero-order valence-electron chi connectivity index (χ0n) is 12.9. The lowest BCUT2D eigenvalue weighted by molar-refractivity contribution is -0.123. The van der Waals surface area contributed by atoms with Crippen LogP contribution >= 0.6 is 0 Å². The summed E-state index contributed by atoms with van der Waals surface area (Å²) in [4.78, 5) is 14.3. The Morgan fingerprint density at radius 3 is 2.52 bits per heavy atom. The third-order valence-corrected chi connectivity index (χ3v) is 4.34. The van der Waals surface area contributed by atoms with Crippen LogP contribution in [-0.4, -0.2) is 30.4 Å². The molecule has 116 valence electrons. The molecule has 1 atom stereocenters. The van der Waals surface area contributed by atoms with Crippen molar-refractivity contribution in [1.29, 1.82) is 0 Å². The molecule has 1 aliphatic carbocycles. The van der Waals surface area contributed by atoms with Crippen molar-refractivity contribution in [2.75, 3.05) is 13.6 Å². The van der Waals surface area contributed by atoms with Crippen LogP contribution in [0.5, 0.6) is 0 Å². The van der Waals surface area contributed by atoms with E-state index in [0.29, 0.717) is 12.6 Å². The highest BCUT2D eigenvalue weighted by atomic mass is 19.1. The predicted molar refractivity (Wildman–Crippen MR) is 82.5 cm³/mol. The van der Waals surface area contributed by atoms with Crippen molar-refractivity contribution in [2.24, 2.45) is 0 Å². The lowest BCUT2D eigenvalue weighted by Crippen LogP contribution is -2.42. The molecule has 21 heavy (non-hydrogen) atoms. The van der Waals surface area contributed by atoms with Crippen LogP contribution in [0.4, 0.5) is 4.39 Å². The number of nitrogens with one attached hydrogen (secondary N) is 1. The van der Waals surface area contributed by atoms with Gasteiger partial charge in [0.25, 0.3) is 0 Å². The zero-order valence-corrected chi connectivity index (χ0v) is 12.9. The number of hydrogen-bond donors (Lipinski definition) is 1. The van der Waals surface area contributed by atoms with Crippen molar-refractivity contribution >= 4 is 5.91 Å². The van der Waals surface area contributed by atoms with Gasteiger partial charge in [0.05, 0.1) is 12.6 Å². The number of hydrogen-bond acceptors (Lipinski definition) is 2. The maximum atomic E-state index is 12.9. The Kier molecular flexibility index (Phi) is 5.74. The van der Waals surface area contributed by atoms with E-state index in [4.69, 9.17) is 0 Å². The average molecular weight is 292 g/mol. The molecule has 0 aromatic heterocycles. The molecule has 0 aliphatic heterocycles. The Morgan fingerprint density at radius 1 is 1.29 bits per heavy atom. The highest BCUT2D eigenvalue weighted by molar-refractivity contribution is 5.78. The van der Waals surface area contributed by atoms with Crippen molar-refractivity contribution in [3.05, 3.63) is 35.6 Å². The Bertz CT molecular complexity index is 454. The maximum absolute atomic E-state index is 12.9. The standard InChI is InChI=1S/C17H25FN2O/c1-13(14-8-10-15(18)11-9-14)19-17(21)12-20(2)16-6-4-3-5-7-16/h8-11,13,16H,3-7,12H2,1-2H3,(H,19,21). The molecular formula is C17H25FN2O. The minimum Gasteiger partial charge on any atom is -0.348 e. The number of carbonyl (C=O) groups excluding carboxylic acids is 1. The van der Waals surface area contributed by atoms with Crippen molar-refractivity contribution in [3.63, 3.8) is 0 Å². The summed E-state index contributed by atoms with van der Waals surface area (Å²) in [5.41, 5.74) is 0.921. The number of nitrogens with zero attached hydrogens (tertiary/aromatic N) is 1. The van der Waals surface area contributed by atoms with Gasteiger partial charge < -0.3 is 5.32 Å². The summed E-state index contributed by atoms with van der Waals surface area (Å²) >= 11 is 0. The molecule has 0 saturated heterocycles. The van der Waals surface area contributed by atoms with Gasteiger partial charge in [-0.1, -0.05) is 31.4 Å². The van der Waals surface area contributed by atoms with E-state index in [1.54, 1.807) is 12.1 Å². The molecule has 1 saturated carbocycles. The molecule has 1 unspecified atom stereocenters. The molecule has 0 heterocycles. The highest BCUT2D eigenvalue weighted by Gasteiger charge is 2.20. The Hall–Kier alpha value is -1.42. The first-order valence-electron chi connectivity index (χ1n) is 7.81. The van der Waals surface area contributed by atoms with Crippen LogP contribution in [0.25, 0.3) is 0 Å². The SMILES string of the molecule is CC(NC(=O)CN(C)C1CCCCC1)c1ccc(F)cc1. The second-order valence-electron chi connectivity index (χ2n) is 6.05. The van der Waals surface area contributed by atoms with Crippen LogP contribution in [0.2, 0.25) is 0 Å². The Balaban J connectivity index is 1.81. The number of rotatable bonds is 5. The number of benzene rings is 1. The van der Waals surface area contributed by atoms with E-state index >= 15 is 0 Å². The molecule has 1 N–H and O–H groups in total. The van der Waals surface area contributed by atoms with Gasteiger partial charge in [0.1, 0.15) is 5.82 Å². The normalized spacial score (nSPS) is 17.7. The van der Waals surface area contributed by atoms with Gasteiger partial charge in [-0.15, -0.1) is 0 Å². The highest BCUT2D eigenvalue weighted by Crippen LogP contribution is 2.21. The summed E-state index contributed by atoms with van der Waals surface area (Å²) in [5, 5.41) is 2.98. The van der Waals surface area contributed by atoms with E-state index in [1.165, 1.54) is 44.2 Å². The van der Waals surface area contributed by atoms with Crippen LogP contribution in [-0.2, 0) is 4.79 Å². The average Bonchev–Trinajstić information content (AvgIpc) is 2.48. The fourth-order valence-corrected chi connectivity index (χ4v) is 3.00. The van der Waals surface area contributed by atoms with Crippen molar-refractivity contribution in [2.45, 2.75) is 51.1 Å². The number of amides is 1. The predicted octanol–water partition coefficient (Wildman–Crippen LogP) is 3.27. The van der Waals surface area contributed by atoms with Crippen molar-refractivity contribution < 1.29 is 9.18 Å². The summed E-state index contributed by atoms with van der Waals surface area (Å²) in [5.74, 6) is -0.228. The summed E-state index contributed by atoms with van der Waals surface area (Å²) < 4.78 is 12.9. The first-order valence-corrected chi connectivity index (χ1v) is 7.81. The molecule has 0 spiro atoms. The molecule has 3 nitrogen and oxygen atoms in total. The summed E-state index contributed by atoms with van der Waals surface area (Å²) in [6.45, 7) is 2.35. The molecule has 2 rings (SSSR count). The fourth-order valence-electron chi connectivity index (χ4n) is 3.00. The number of likely N-dealkylation sites (N-methyl/N-ethyl adjacent to an activating group) is 1. The zero-order chi connectivity index (χ0) is 15.2. The minimum absolute atomic E-state index is 0.0277.